The monoisotopic (exact) mass is 347 g/mol. The summed E-state index contributed by atoms with van der Waals surface area (Å²) < 4.78 is 5.15. The van der Waals surface area contributed by atoms with Gasteiger partial charge in [-0.05, 0) is 23.6 Å². The molecular weight excluding hydrogens is 326 g/mol. The number of carbonyl (C=O) groups excluding carboxylic acids is 2. The smallest absolute Gasteiger partial charge is 0.271 e. The van der Waals surface area contributed by atoms with E-state index in [1.165, 1.54) is 11.3 Å². The molecule has 24 heavy (non-hydrogen) atoms. The Balaban J connectivity index is 1.90. The molecule has 0 saturated heterocycles. The lowest BCUT2D eigenvalue weighted by Crippen LogP contribution is -2.23. The molecule has 2 rings (SSSR count). The predicted octanol–water partition coefficient (Wildman–Crippen LogP) is 3.07. The summed E-state index contributed by atoms with van der Waals surface area (Å²) in [6, 6.07) is 7.48. The van der Waals surface area contributed by atoms with Crippen LogP contribution in [-0.2, 0) is 11.3 Å². The number of nitrogens with one attached hydrogen (secondary N) is 2. The molecule has 0 unspecified atom stereocenters. The number of methoxy groups -OCH3 is 1. The first-order valence-electron chi connectivity index (χ1n) is 7.64. The molecule has 0 fully saturated rings. The Morgan fingerprint density at radius 2 is 2.12 bits per heavy atom. The summed E-state index contributed by atoms with van der Waals surface area (Å²) in [6.07, 6.45) is 0.428. The van der Waals surface area contributed by atoms with Crippen LogP contribution in [0.2, 0.25) is 0 Å². The van der Waals surface area contributed by atoms with Gasteiger partial charge in [0.05, 0.1) is 7.11 Å². The highest BCUT2D eigenvalue weighted by molar-refractivity contribution is 7.14. The molecule has 1 aromatic heterocycles. The number of benzene rings is 1. The molecule has 0 atom stereocenters. The van der Waals surface area contributed by atoms with Crippen LogP contribution in [0.3, 0.4) is 0 Å². The summed E-state index contributed by atoms with van der Waals surface area (Å²) in [7, 11) is 1.60. The average molecular weight is 347 g/mol. The molecule has 2 amide bonds. The highest BCUT2D eigenvalue weighted by Crippen LogP contribution is 2.17. The number of thiazole rings is 1. The minimum Gasteiger partial charge on any atom is -0.497 e. The van der Waals surface area contributed by atoms with Crippen molar-refractivity contribution >= 4 is 28.3 Å². The van der Waals surface area contributed by atoms with Crippen LogP contribution in [0.25, 0.3) is 0 Å². The summed E-state index contributed by atoms with van der Waals surface area (Å²) in [5.74, 6) is 0.641. The summed E-state index contributed by atoms with van der Waals surface area (Å²) in [5, 5.41) is 7.58. The van der Waals surface area contributed by atoms with E-state index in [1.807, 2.05) is 38.1 Å². The van der Waals surface area contributed by atoms with Crippen molar-refractivity contribution in [3.05, 3.63) is 40.9 Å². The zero-order chi connectivity index (χ0) is 17.5. The van der Waals surface area contributed by atoms with Crippen molar-refractivity contribution in [2.24, 2.45) is 5.92 Å². The molecule has 2 aromatic rings. The maximum Gasteiger partial charge on any atom is 0.271 e. The number of carbonyl (C=O) groups is 2. The molecule has 2 N–H and O–H groups in total. The molecule has 1 aromatic carbocycles. The Morgan fingerprint density at radius 1 is 1.33 bits per heavy atom. The van der Waals surface area contributed by atoms with Crippen molar-refractivity contribution in [1.82, 2.24) is 10.3 Å². The molecule has 0 spiro atoms. The second kappa shape index (κ2) is 8.44. The van der Waals surface area contributed by atoms with Crippen molar-refractivity contribution in [3.8, 4) is 5.75 Å². The van der Waals surface area contributed by atoms with Gasteiger partial charge in [-0.25, -0.2) is 4.98 Å². The molecule has 0 aliphatic rings. The zero-order valence-corrected chi connectivity index (χ0v) is 14.8. The summed E-state index contributed by atoms with van der Waals surface area (Å²) in [5.41, 5.74) is 1.23. The number of amides is 2. The molecule has 0 bridgehead atoms. The molecule has 128 valence electrons. The lowest BCUT2D eigenvalue weighted by molar-refractivity contribution is -0.116. The Morgan fingerprint density at radius 3 is 2.83 bits per heavy atom. The zero-order valence-electron chi connectivity index (χ0n) is 14.0. The first kappa shape index (κ1) is 17.9. The number of aromatic nitrogens is 1. The van der Waals surface area contributed by atoms with Crippen LogP contribution in [0.4, 0.5) is 5.13 Å². The number of hydrogen-bond acceptors (Lipinski definition) is 5. The highest BCUT2D eigenvalue weighted by Gasteiger charge is 2.13. The fourth-order valence-electron chi connectivity index (χ4n) is 2.03. The SMILES string of the molecule is COc1cccc(CNC(=O)c2csc(NC(=O)CC(C)C)n2)c1. The van der Waals surface area contributed by atoms with E-state index in [0.717, 1.165) is 11.3 Å². The summed E-state index contributed by atoms with van der Waals surface area (Å²) in [6.45, 7) is 4.32. The van der Waals surface area contributed by atoms with Gasteiger partial charge in [0.2, 0.25) is 5.91 Å². The topological polar surface area (TPSA) is 80.3 Å². The second-order valence-corrected chi connectivity index (χ2v) is 6.58. The number of hydrogen-bond donors (Lipinski definition) is 2. The summed E-state index contributed by atoms with van der Waals surface area (Å²) in [4.78, 5) is 28.0. The van der Waals surface area contributed by atoms with Gasteiger partial charge in [-0.3, -0.25) is 9.59 Å². The molecule has 1 heterocycles. The number of ether oxygens (including phenoxy) is 1. The number of nitrogens with zero attached hydrogens (tertiary/aromatic N) is 1. The lowest BCUT2D eigenvalue weighted by atomic mass is 10.1. The van der Waals surface area contributed by atoms with E-state index in [9.17, 15) is 9.59 Å². The second-order valence-electron chi connectivity index (χ2n) is 5.72. The third-order valence-corrected chi connectivity index (χ3v) is 3.92. The van der Waals surface area contributed by atoms with E-state index in [4.69, 9.17) is 4.74 Å². The predicted molar refractivity (Wildman–Crippen MR) is 94.4 cm³/mol. The molecule has 0 radical (unpaired) electrons. The fraction of sp³-hybridized carbons (Fsp3) is 0.353. The summed E-state index contributed by atoms with van der Waals surface area (Å²) >= 11 is 1.24. The van der Waals surface area contributed by atoms with Gasteiger partial charge in [0.25, 0.3) is 5.91 Å². The van der Waals surface area contributed by atoms with E-state index in [0.29, 0.717) is 23.8 Å². The van der Waals surface area contributed by atoms with Gasteiger partial charge in [0, 0.05) is 18.3 Å². The van der Waals surface area contributed by atoms with Gasteiger partial charge < -0.3 is 15.4 Å². The molecule has 0 aliphatic heterocycles. The highest BCUT2D eigenvalue weighted by atomic mass is 32.1. The van der Waals surface area contributed by atoms with E-state index >= 15 is 0 Å². The Kier molecular flexibility index (Phi) is 6.31. The maximum atomic E-state index is 12.1. The molecule has 6 nitrogen and oxygen atoms in total. The van der Waals surface area contributed by atoms with E-state index < -0.39 is 0 Å². The van der Waals surface area contributed by atoms with Gasteiger partial charge in [-0.2, -0.15) is 0 Å². The van der Waals surface area contributed by atoms with Gasteiger partial charge in [-0.1, -0.05) is 26.0 Å². The first-order valence-corrected chi connectivity index (χ1v) is 8.52. The molecule has 0 saturated carbocycles. The van der Waals surface area contributed by atoms with Crippen molar-refractivity contribution in [1.29, 1.82) is 0 Å². The van der Waals surface area contributed by atoms with E-state index in [-0.39, 0.29) is 17.7 Å². The third-order valence-electron chi connectivity index (χ3n) is 3.16. The van der Waals surface area contributed by atoms with Crippen LogP contribution in [0.1, 0.15) is 36.3 Å². The lowest BCUT2D eigenvalue weighted by Gasteiger charge is -2.06. The molecule has 7 heteroatoms. The van der Waals surface area contributed by atoms with E-state index in [2.05, 4.69) is 15.6 Å². The molecule has 0 aliphatic carbocycles. The van der Waals surface area contributed by atoms with Crippen LogP contribution >= 0.6 is 11.3 Å². The minimum atomic E-state index is -0.279. The van der Waals surface area contributed by atoms with Crippen molar-refractivity contribution in [3.63, 3.8) is 0 Å². The largest absolute Gasteiger partial charge is 0.497 e. The van der Waals surface area contributed by atoms with Crippen molar-refractivity contribution in [2.45, 2.75) is 26.8 Å². The normalized spacial score (nSPS) is 10.5. The van der Waals surface area contributed by atoms with Gasteiger partial charge in [0.1, 0.15) is 11.4 Å². The Hall–Kier alpha value is -2.41. The maximum absolute atomic E-state index is 12.1. The standard InChI is InChI=1S/C17H21N3O3S/c1-11(2)7-15(21)20-17-19-14(10-24-17)16(22)18-9-12-5-4-6-13(8-12)23-3/h4-6,8,10-11H,7,9H2,1-3H3,(H,18,22)(H,19,20,21). The van der Waals surface area contributed by atoms with Crippen molar-refractivity contribution < 1.29 is 14.3 Å². The van der Waals surface area contributed by atoms with Gasteiger partial charge >= 0.3 is 0 Å². The van der Waals surface area contributed by atoms with Crippen LogP contribution in [0.5, 0.6) is 5.75 Å². The number of rotatable bonds is 7. The third kappa shape index (κ3) is 5.34. The molecular formula is C17H21N3O3S. The van der Waals surface area contributed by atoms with E-state index in [1.54, 1.807) is 12.5 Å². The van der Waals surface area contributed by atoms with Crippen molar-refractivity contribution in [2.75, 3.05) is 12.4 Å². The Labute approximate surface area is 145 Å². The number of anilines is 1. The van der Waals surface area contributed by atoms with Crippen LogP contribution in [0.15, 0.2) is 29.6 Å². The van der Waals surface area contributed by atoms with Gasteiger partial charge in [-0.15, -0.1) is 11.3 Å². The van der Waals surface area contributed by atoms with Gasteiger partial charge in [0.15, 0.2) is 5.13 Å². The van der Waals surface area contributed by atoms with Crippen LogP contribution in [0, 0.1) is 5.92 Å². The van der Waals surface area contributed by atoms with Crippen LogP contribution in [-0.4, -0.2) is 23.9 Å². The average Bonchev–Trinajstić information content (AvgIpc) is 3.00. The quantitative estimate of drug-likeness (QED) is 0.807. The minimum absolute atomic E-state index is 0.0947. The Bertz CT molecular complexity index is 713. The first-order chi connectivity index (χ1) is 11.5. The fourth-order valence-corrected chi connectivity index (χ4v) is 2.74. The van der Waals surface area contributed by atoms with Crippen LogP contribution < -0.4 is 15.4 Å².